The monoisotopic (exact) mass is 288 g/mol. The molecular formula is C15H16N2O2S. The fourth-order valence-corrected chi connectivity index (χ4v) is 3.40. The van der Waals surface area contributed by atoms with Crippen molar-refractivity contribution >= 4 is 17.3 Å². The van der Waals surface area contributed by atoms with Crippen molar-refractivity contribution in [3.8, 4) is 10.6 Å². The van der Waals surface area contributed by atoms with Gasteiger partial charge in [-0.2, -0.15) is 0 Å². The molecule has 0 radical (unpaired) electrons. The molecule has 0 spiro atoms. The van der Waals surface area contributed by atoms with Crippen LogP contribution in [-0.2, 0) is 6.54 Å². The molecule has 5 heteroatoms. The third kappa shape index (κ3) is 2.89. The van der Waals surface area contributed by atoms with Crippen LogP contribution >= 0.6 is 11.3 Å². The molecule has 0 amide bonds. The summed E-state index contributed by atoms with van der Waals surface area (Å²) in [6, 6.07) is 8.26. The minimum Gasteiger partial charge on any atom is -0.543 e. The van der Waals surface area contributed by atoms with Gasteiger partial charge in [-0.05, 0) is 0 Å². The molecule has 4 nitrogen and oxygen atoms in total. The summed E-state index contributed by atoms with van der Waals surface area (Å²) in [5.74, 6) is -1.22. The molecule has 1 aromatic carbocycles. The highest BCUT2D eigenvalue weighted by molar-refractivity contribution is 7.13. The molecule has 0 atom stereocenters. The Hall–Kier alpha value is -1.72. The van der Waals surface area contributed by atoms with Gasteiger partial charge in [0.25, 0.3) is 0 Å². The number of nitrogens with zero attached hydrogens (tertiary/aromatic N) is 1. The van der Waals surface area contributed by atoms with Gasteiger partial charge in [0.1, 0.15) is 11.6 Å². The Balaban J connectivity index is 1.72. The summed E-state index contributed by atoms with van der Waals surface area (Å²) in [6.07, 6.45) is 2.66. The molecule has 1 fully saturated rings. The molecule has 0 aliphatic carbocycles. The van der Waals surface area contributed by atoms with E-state index in [1.165, 1.54) is 48.2 Å². The number of quaternary nitrogens is 1. The smallest absolute Gasteiger partial charge is 0.124 e. The van der Waals surface area contributed by atoms with Gasteiger partial charge < -0.3 is 14.8 Å². The Kier molecular flexibility index (Phi) is 3.80. The van der Waals surface area contributed by atoms with Gasteiger partial charge in [0, 0.05) is 29.3 Å². The van der Waals surface area contributed by atoms with Crippen LogP contribution in [0.1, 0.15) is 28.9 Å². The van der Waals surface area contributed by atoms with Crippen LogP contribution in [0.4, 0.5) is 0 Å². The van der Waals surface area contributed by atoms with Crippen LogP contribution in [0.25, 0.3) is 10.6 Å². The van der Waals surface area contributed by atoms with Gasteiger partial charge in [-0.15, -0.1) is 11.3 Å². The van der Waals surface area contributed by atoms with Gasteiger partial charge in [-0.25, -0.2) is 4.98 Å². The number of hydrogen-bond donors (Lipinski definition) is 1. The van der Waals surface area contributed by atoms with E-state index in [1.54, 1.807) is 4.90 Å². The average molecular weight is 288 g/mol. The Bertz CT molecular complexity index is 601. The van der Waals surface area contributed by atoms with Gasteiger partial charge in [0.2, 0.25) is 0 Å². The van der Waals surface area contributed by atoms with E-state index in [2.05, 4.69) is 17.1 Å². The van der Waals surface area contributed by atoms with Crippen LogP contribution in [0.2, 0.25) is 0 Å². The number of carbonyl (C=O) groups excluding carboxylic acids is 1. The summed E-state index contributed by atoms with van der Waals surface area (Å²) in [5.41, 5.74) is 2.29. The van der Waals surface area contributed by atoms with Crippen LogP contribution < -0.4 is 10.0 Å². The lowest BCUT2D eigenvalue weighted by atomic mass is 10.1. The molecule has 3 rings (SSSR count). The average Bonchev–Trinajstić information content (AvgIpc) is 3.10. The second kappa shape index (κ2) is 5.73. The van der Waals surface area contributed by atoms with Gasteiger partial charge >= 0.3 is 0 Å². The quantitative estimate of drug-likeness (QED) is 0.883. The van der Waals surface area contributed by atoms with Crippen molar-refractivity contribution in [3.05, 3.63) is 40.9 Å². The van der Waals surface area contributed by atoms with E-state index in [-0.39, 0.29) is 5.69 Å². The van der Waals surface area contributed by atoms with Crippen molar-refractivity contribution in [2.45, 2.75) is 19.4 Å². The Morgan fingerprint density at radius 2 is 1.95 bits per heavy atom. The number of carboxylic acid groups (broad SMARTS) is 1. The first-order chi connectivity index (χ1) is 9.72. The molecule has 2 heterocycles. The molecule has 0 saturated carbocycles. The van der Waals surface area contributed by atoms with Crippen molar-refractivity contribution in [3.63, 3.8) is 0 Å². The van der Waals surface area contributed by atoms with E-state index in [0.29, 0.717) is 0 Å². The van der Waals surface area contributed by atoms with E-state index < -0.39 is 5.97 Å². The SMILES string of the molecule is O=C([O-])c1csc(-c2ccc(C[NH+]3CCCC3)cc2)n1. The van der Waals surface area contributed by atoms with Crippen LogP contribution in [0.15, 0.2) is 29.6 Å². The second-order valence-electron chi connectivity index (χ2n) is 5.16. The molecule has 1 aliphatic heterocycles. The Labute approximate surface area is 121 Å². The lowest BCUT2D eigenvalue weighted by Gasteiger charge is -2.11. The van der Waals surface area contributed by atoms with Crippen LogP contribution in [-0.4, -0.2) is 24.0 Å². The van der Waals surface area contributed by atoms with E-state index in [1.807, 2.05) is 12.1 Å². The number of rotatable bonds is 4. The maximum Gasteiger partial charge on any atom is 0.124 e. The minimum atomic E-state index is -1.22. The van der Waals surface area contributed by atoms with Crippen molar-refractivity contribution in [1.29, 1.82) is 0 Å². The van der Waals surface area contributed by atoms with Crippen molar-refractivity contribution in [2.24, 2.45) is 0 Å². The summed E-state index contributed by atoms with van der Waals surface area (Å²) in [6.45, 7) is 3.61. The van der Waals surface area contributed by atoms with Gasteiger partial charge in [0.05, 0.1) is 24.8 Å². The zero-order valence-corrected chi connectivity index (χ0v) is 11.9. The summed E-state index contributed by atoms with van der Waals surface area (Å²) >= 11 is 1.33. The first kappa shape index (κ1) is 13.3. The topological polar surface area (TPSA) is 57.5 Å². The first-order valence-corrected chi connectivity index (χ1v) is 7.70. The van der Waals surface area contributed by atoms with Crippen LogP contribution in [0.3, 0.4) is 0 Å². The normalized spacial score (nSPS) is 15.6. The number of aromatic nitrogens is 1. The van der Waals surface area contributed by atoms with E-state index in [9.17, 15) is 9.90 Å². The largest absolute Gasteiger partial charge is 0.543 e. The van der Waals surface area contributed by atoms with Crippen LogP contribution in [0.5, 0.6) is 0 Å². The lowest BCUT2D eigenvalue weighted by Crippen LogP contribution is -3.08. The molecule has 1 saturated heterocycles. The fourth-order valence-electron chi connectivity index (χ4n) is 2.61. The molecule has 1 aliphatic rings. The molecular weight excluding hydrogens is 272 g/mol. The predicted octanol–water partition coefficient (Wildman–Crippen LogP) is 0.352. The summed E-state index contributed by atoms with van der Waals surface area (Å²) in [4.78, 5) is 16.4. The van der Waals surface area contributed by atoms with E-state index in [4.69, 9.17) is 0 Å². The highest BCUT2D eigenvalue weighted by Gasteiger charge is 2.15. The molecule has 1 N–H and O–H groups in total. The fraction of sp³-hybridized carbons (Fsp3) is 0.333. The Morgan fingerprint density at radius 3 is 2.55 bits per heavy atom. The van der Waals surface area contributed by atoms with Crippen molar-refractivity contribution in [1.82, 2.24) is 4.98 Å². The zero-order chi connectivity index (χ0) is 13.9. The molecule has 2 aromatic rings. The van der Waals surface area contributed by atoms with E-state index >= 15 is 0 Å². The molecule has 1 aromatic heterocycles. The van der Waals surface area contributed by atoms with Crippen molar-refractivity contribution < 1.29 is 14.8 Å². The third-order valence-electron chi connectivity index (χ3n) is 3.68. The summed E-state index contributed by atoms with van der Waals surface area (Å²) < 4.78 is 0. The first-order valence-electron chi connectivity index (χ1n) is 6.82. The number of thiazole rings is 1. The van der Waals surface area contributed by atoms with Gasteiger partial charge in [-0.3, -0.25) is 0 Å². The summed E-state index contributed by atoms with van der Waals surface area (Å²) in [5, 5.41) is 13.0. The Morgan fingerprint density at radius 1 is 1.25 bits per heavy atom. The van der Waals surface area contributed by atoms with E-state index in [0.717, 1.165) is 17.1 Å². The maximum absolute atomic E-state index is 10.7. The summed E-state index contributed by atoms with van der Waals surface area (Å²) in [7, 11) is 0. The molecule has 0 unspecified atom stereocenters. The number of likely N-dealkylation sites (tertiary alicyclic amines) is 1. The number of carboxylic acids is 1. The molecule has 0 bridgehead atoms. The highest BCUT2D eigenvalue weighted by atomic mass is 32.1. The van der Waals surface area contributed by atoms with Gasteiger partial charge in [0.15, 0.2) is 0 Å². The predicted molar refractivity (Wildman–Crippen MR) is 75.5 cm³/mol. The highest BCUT2D eigenvalue weighted by Crippen LogP contribution is 2.23. The minimum absolute atomic E-state index is 0.00980. The number of aromatic carboxylic acids is 1. The van der Waals surface area contributed by atoms with Crippen LogP contribution in [0, 0.1) is 0 Å². The number of nitrogens with one attached hydrogen (secondary N) is 1. The van der Waals surface area contributed by atoms with Gasteiger partial charge in [-0.1, -0.05) is 24.3 Å². The number of benzene rings is 1. The molecule has 20 heavy (non-hydrogen) atoms. The zero-order valence-electron chi connectivity index (χ0n) is 11.1. The maximum atomic E-state index is 10.7. The standard InChI is InChI=1S/C15H16N2O2S/c18-15(19)13-10-20-14(16-13)12-5-3-11(4-6-12)9-17-7-1-2-8-17/h3-6,10H,1-2,7-9H2,(H,18,19). The lowest BCUT2D eigenvalue weighted by molar-refractivity contribution is -0.901. The molecule has 104 valence electrons. The second-order valence-corrected chi connectivity index (χ2v) is 6.01. The number of hydrogen-bond acceptors (Lipinski definition) is 4. The number of carbonyl (C=O) groups is 1. The van der Waals surface area contributed by atoms with Crippen molar-refractivity contribution in [2.75, 3.05) is 13.1 Å². The third-order valence-corrected chi connectivity index (χ3v) is 4.57.